The number of nitrogens with zero attached hydrogens (tertiary/aromatic N) is 2. The van der Waals surface area contributed by atoms with Crippen LogP contribution in [-0.2, 0) is 6.42 Å². The summed E-state index contributed by atoms with van der Waals surface area (Å²) < 4.78 is 56.5. The highest BCUT2D eigenvalue weighted by Crippen LogP contribution is 2.31. The average molecular weight is 432 g/mol. The number of hydrogen-bond donors (Lipinski definition) is 0. The van der Waals surface area contributed by atoms with E-state index >= 15 is 0 Å². The topological polar surface area (TPSA) is 34.4 Å². The van der Waals surface area contributed by atoms with Crippen molar-refractivity contribution in [2.24, 2.45) is 5.10 Å². The van der Waals surface area contributed by atoms with Gasteiger partial charge in [-0.3, -0.25) is 4.79 Å². The molecule has 0 bridgehead atoms. The first kappa shape index (κ1) is 21.6. The molecule has 0 aliphatic carbocycles. The van der Waals surface area contributed by atoms with Gasteiger partial charge in [0.05, 0.1) is 23.2 Å². The lowest BCUT2D eigenvalue weighted by atomic mass is 10.0. The van der Waals surface area contributed by atoms with Crippen LogP contribution in [0.5, 0.6) is 0 Å². The van der Waals surface area contributed by atoms with Crippen molar-refractivity contribution in [3.05, 3.63) is 105 Å². The van der Waals surface area contributed by atoms with Crippen LogP contribution >= 0.6 is 11.8 Å². The van der Waals surface area contributed by atoms with E-state index in [9.17, 15) is 22.4 Å². The third-order valence-corrected chi connectivity index (χ3v) is 5.17. The van der Waals surface area contributed by atoms with Gasteiger partial charge >= 0.3 is 0 Å². The summed E-state index contributed by atoms with van der Waals surface area (Å²) in [6.07, 6.45) is 8.62. The molecule has 2 heterocycles. The highest BCUT2D eigenvalue weighted by molar-refractivity contribution is 8.17. The Morgan fingerprint density at radius 2 is 1.93 bits per heavy atom. The fraction of sp³-hybridized carbons (Fsp3) is 0.0909. The van der Waals surface area contributed by atoms with E-state index in [1.54, 1.807) is 12.2 Å². The van der Waals surface area contributed by atoms with E-state index in [-0.39, 0.29) is 23.2 Å². The molecule has 0 atom stereocenters. The molecule has 0 saturated carbocycles. The molecule has 0 saturated heterocycles. The molecule has 0 spiro atoms. The number of halogens is 4. The minimum Gasteiger partial charge on any atom is -0.289 e. The zero-order valence-corrected chi connectivity index (χ0v) is 16.6. The van der Waals surface area contributed by atoms with Crippen LogP contribution in [-0.4, -0.2) is 9.72 Å². The lowest BCUT2D eigenvalue weighted by Crippen LogP contribution is -2.15. The molecule has 2 aromatic rings. The van der Waals surface area contributed by atoms with Gasteiger partial charge in [-0.05, 0) is 37.3 Å². The summed E-state index contributed by atoms with van der Waals surface area (Å²) in [6.45, 7) is 1.50. The van der Waals surface area contributed by atoms with Gasteiger partial charge in [-0.2, -0.15) is 5.10 Å². The fourth-order valence-electron chi connectivity index (χ4n) is 2.87. The number of rotatable bonds is 4. The van der Waals surface area contributed by atoms with Gasteiger partial charge in [-0.25, -0.2) is 22.2 Å². The third-order valence-electron chi connectivity index (χ3n) is 4.19. The molecule has 0 radical (unpaired) electrons. The molecule has 30 heavy (non-hydrogen) atoms. The maximum atomic E-state index is 14.3. The van der Waals surface area contributed by atoms with Gasteiger partial charge < -0.3 is 0 Å². The Labute approximate surface area is 174 Å². The molecule has 154 valence electrons. The number of aromatic nitrogens is 1. The second-order valence-electron chi connectivity index (χ2n) is 6.08. The second kappa shape index (κ2) is 9.58. The summed E-state index contributed by atoms with van der Waals surface area (Å²) in [5.74, 6) is -2.27. The smallest absolute Gasteiger partial charge is 0.190 e. The average Bonchev–Trinajstić information content (AvgIpc) is 2.93. The van der Waals surface area contributed by atoms with Crippen LogP contribution in [0.25, 0.3) is 11.1 Å². The van der Waals surface area contributed by atoms with Crippen LogP contribution in [0.4, 0.5) is 17.6 Å². The lowest BCUT2D eigenvalue weighted by Gasteiger charge is -2.13. The van der Waals surface area contributed by atoms with E-state index in [1.807, 2.05) is 0 Å². The maximum absolute atomic E-state index is 14.3. The van der Waals surface area contributed by atoms with Crippen molar-refractivity contribution >= 4 is 16.8 Å². The van der Waals surface area contributed by atoms with Gasteiger partial charge in [-0.15, -0.1) is 0 Å². The standard InChI is InChI=1S/C22H16F4N2OS/c1-2-14(24)19(9-5-12-23)30-20-10-4-8-17-22(18(29)11-13-28(17)27-20)21-15(25)6-3-7-16(21)26/h2-7,9-13H,8H2,1H3/b12-5+,14-2+,19-9+. The Morgan fingerprint density at radius 3 is 2.60 bits per heavy atom. The minimum atomic E-state index is -0.855. The zero-order valence-electron chi connectivity index (χ0n) is 15.8. The van der Waals surface area contributed by atoms with E-state index < -0.39 is 28.5 Å². The number of allylic oxidation sites excluding steroid dienone is 5. The van der Waals surface area contributed by atoms with Crippen LogP contribution in [0, 0.1) is 11.6 Å². The van der Waals surface area contributed by atoms with Crippen molar-refractivity contribution < 1.29 is 17.6 Å². The van der Waals surface area contributed by atoms with Gasteiger partial charge in [0.25, 0.3) is 0 Å². The Kier molecular flexibility index (Phi) is 6.89. The van der Waals surface area contributed by atoms with Gasteiger partial charge in [-0.1, -0.05) is 30.0 Å². The van der Waals surface area contributed by atoms with E-state index in [0.717, 1.165) is 36.0 Å². The molecule has 0 fully saturated rings. The largest absolute Gasteiger partial charge is 0.289 e. The van der Waals surface area contributed by atoms with Gasteiger partial charge in [0, 0.05) is 23.6 Å². The Hall–Kier alpha value is -3.13. The van der Waals surface area contributed by atoms with Crippen LogP contribution in [0.1, 0.15) is 12.6 Å². The summed E-state index contributed by atoms with van der Waals surface area (Å²) in [6, 6.07) is 4.54. The van der Waals surface area contributed by atoms with Crippen molar-refractivity contribution in [1.82, 2.24) is 4.68 Å². The fourth-order valence-corrected chi connectivity index (χ4v) is 3.75. The summed E-state index contributed by atoms with van der Waals surface area (Å²) in [7, 11) is 0. The monoisotopic (exact) mass is 432 g/mol. The van der Waals surface area contributed by atoms with Gasteiger partial charge in [0.15, 0.2) is 5.43 Å². The quantitative estimate of drug-likeness (QED) is 0.436. The van der Waals surface area contributed by atoms with Crippen LogP contribution in [0.2, 0.25) is 0 Å². The van der Waals surface area contributed by atoms with Crippen LogP contribution < -0.4 is 5.43 Å². The molecule has 1 aromatic carbocycles. The first-order chi connectivity index (χ1) is 14.5. The van der Waals surface area contributed by atoms with Crippen molar-refractivity contribution in [3.63, 3.8) is 0 Å². The van der Waals surface area contributed by atoms with Crippen molar-refractivity contribution in [2.45, 2.75) is 13.3 Å². The summed E-state index contributed by atoms with van der Waals surface area (Å²) >= 11 is 0.943. The lowest BCUT2D eigenvalue weighted by molar-refractivity contribution is 0.588. The minimum absolute atomic E-state index is 0.122. The Balaban J connectivity index is 2.12. The molecule has 3 rings (SSSR count). The first-order valence-electron chi connectivity index (χ1n) is 8.87. The summed E-state index contributed by atoms with van der Waals surface area (Å²) in [5.41, 5.74) is -0.790. The number of fused-ring (bicyclic) bond motifs is 1. The molecule has 8 heteroatoms. The molecule has 0 N–H and O–H groups in total. The van der Waals surface area contributed by atoms with Crippen LogP contribution in [0.15, 0.2) is 87.8 Å². The molecule has 0 unspecified atom stereocenters. The maximum Gasteiger partial charge on any atom is 0.190 e. The van der Waals surface area contributed by atoms with Crippen molar-refractivity contribution in [1.29, 1.82) is 0 Å². The SMILES string of the molecule is C\C=C(F)/C(=C\C=C\F)SC1=Nn2ccc(=O)c(-c3c(F)cccc3F)c2CC=C1. The second-order valence-corrected chi connectivity index (χ2v) is 7.14. The first-order valence-corrected chi connectivity index (χ1v) is 9.69. The van der Waals surface area contributed by atoms with E-state index in [1.165, 1.54) is 36.0 Å². The third kappa shape index (κ3) is 4.54. The molecular weight excluding hydrogens is 416 g/mol. The normalized spacial score (nSPS) is 14.6. The zero-order chi connectivity index (χ0) is 21.7. The number of pyridine rings is 1. The highest BCUT2D eigenvalue weighted by Gasteiger charge is 2.21. The summed E-state index contributed by atoms with van der Waals surface area (Å²) in [5, 5.41) is 4.70. The number of hydrogen-bond acceptors (Lipinski definition) is 3. The molecule has 1 aromatic heterocycles. The van der Waals surface area contributed by atoms with E-state index in [0.29, 0.717) is 10.7 Å². The predicted octanol–water partition coefficient (Wildman–Crippen LogP) is 6.04. The molecule has 1 aliphatic rings. The Bertz CT molecular complexity index is 1160. The number of benzene rings is 1. The van der Waals surface area contributed by atoms with E-state index in [4.69, 9.17) is 0 Å². The van der Waals surface area contributed by atoms with Gasteiger partial charge in [0.2, 0.25) is 0 Å². The Morgan fingerprint density at radius 1 is 1.20 bits per heavy atom. The molecule has 3 nitrogen and oxygen atoms in total. The van der Waals surface area contributed by atoms with Gasteiger partial charge in [0.1, 0.15) is 22.5 Å². The van der Waals surface area contributed by atoms with Crippen molar-refractivity contribution in [3.8, 4) is 11.1 Å². The van der Waals surface area contributed by atoms with Crippen LogP contribution in [0.3, 0.4) is 0 Å². The molecule has 1 aliphatic heterocycles. The van der Waals surface area contributed by atoms with Crippen molar-refractivity contribution in [2.75, 3.05) is 0 Å². The highest BCUT2D eigenvalue weighted by atomic mass is 32.2. The molecule has 0 amide bonds. The summed E-state index contributed by atoms with van der Waals surface area (Å²) in [4.78, 5) is 12.6. The predicted molar refractivity (Wildman–Crippen MR) is 113 cm³/mol. The molecular formula is C22H16F4N2OS. The van der Waals surface area contributed by atoms with E-state index in [2.05, 4.69) is 5.10 Å². The number of thioether (sulfide) groups is 1.